The van der Waals surface area contributed by atoms with E-state index in [2.05, 4.69) is 10.1 Å². The zero-order chi connectivity index (χ0) is 13.1. The largest absolute Gasteiger partial charge is 0.468 e. The van der Waals surface area contributed by atoms with Crippen LogP contribution < -0.4 is 11.1 Å². The zero-order valence-electron chi connectivity index (χ0n) is 10.2. The second kappa shape index (κ2) is 5.05. The Balaban J connectivity index is 2.12. The summed E-state index contributed by atoms with van der Waals surface area (Å²) in [5, 5.41) is 2.95. The van der Waals surface area contributed by atoms with Crippen LogP contribution in [0.3, 0.4) is 0 Å². The molecular weight excluding hydrogens is 236 g/mol. The summed E-state index contributed by atoms with van der Waals surface area (Å²) in [6, 6.07) is 5.44. The number of fused-ring (bicyclic) bond motifs is 1. The quantitative estimate of drug-likeness (QED) is 0.795. The second-order valence-electron chi connectivity index (χ2n) is 3.91. The number of aryl methyl sites for hydroxylation is 1. The highest BCUT2D eigenvalue weighted by molar-refractivity contribution is 5.74. The minimum absolute atomic E-state index is 0.152. The molecule has 0 aliphatic carbocycles. The Hall–Kier alpha value is -2.08. The predicted octanol–water partition coefficient (Wildman–Crippen LogP) is 0.394. The fourth-order valence-electron chi connectivity index (χ4n) is 1.66. The molecule has 1 heterocycles. The van der Waals surface area contributed by atoms with Gasteiger partial charge in [0.1, 0.15) is 0 Å². The number of hydrogen-bond donors (Lipinski definition) is 1. The van der Waals surface area contributed by atoms with Crippen LogP contribution in [-0.2, 0) is 23.1 Å². The summed E-state index contributed by atoms with van der Waals surface area (Å²) in [4.78, 5) is 22.2. The van der Waals surface area contributed by atoms with Crippen molar-refractivity contribution < 1.29 is 13.9 Å². The lowest BCUT2D eigenvalue weighted by atomic mass is 10.2. The lowest BCUT2D eigenvalue weighted by Crippen LogP contribution is -2.23. The summed E-state index contributed by atoms with van der Waals surface area (Å²) >= 11 is 0. The van der Waals surface area contributed by atoms with Crippen LogP contribution in [0.5, 0.6) is 0 Å². The Bertz CT molecular complexity index is 627. The molecule has 0 fully saturated rings. The summed E-state index contributed by atoms with van der Waals surface area (Å²) in [6.07, 6.45) is 0. The standard InChI is InChI=1S/C12H14N2O4/c1-14-9-5-8(6-13-7-11(15)17-2)3-4-10(9)18-12(14)16/h3-5,13H,6-7H2,1-2H3. The molecule has 0 atom stereocenters. The normalized spacial score (nSPS) is 10.8. The van der Waals surface area contributed by atoms with E-state index in [-0.39, 0.29) is 18.3 Å². The number of methoxy groups -OCH3 is 1. The highest BCUT2D eigenvalue weighted by atomic mass is 16.5. The van der Waals surface area contributed by atoms with Crippen LogP contribution in [0, 0.1) is 0 Å². The van der Waals surface area contributed by atoms with Crippen LogP contribution in [0.4, 0.5) is 0 Å². The highest BCUT2D eigenvalue weighted by Gasteiger charge is 2.06. The number of carbonyl (C=O) groups excluding carboxylic acids is 1. The van der Waals surface area contributed by atoms with E-state index in [1.54, 1.807) is 13.1 Å². The van der Waals surface area contributed by atoms with E-state index in [9.17, 15) is 9.59 Å². The van der Waals surface area contributed by atoms with Gasteiger partial charge >= 0.3 is 11.7 Å². The third kappa shape index (κ3) is 2.43. The number of nitrogens with one attached hydrogen (secondary N) is 1. The topological polar surface area (TPSA) is 73.5 Å². The molecule has 18 heavy (non-hydrogen) atoms. The lowest BCUT2D eigenvalue weighted by Gasteiger charge is -2.03. The molecule has 0 saturated carbocycles. The van der Waals surface area contributed by atoms with Crippen LogP contribution in [0.25, 0.3) is 11.1 Å². The number of carbonyl (C=O) groups is 1. The molecule has 0 spiro atoms. The van der Waals surface area contributed by atoms with Gasteiger partial charge in [0.2, 0.25) is 0 Å². The third-order valence-electron chi connectivity index (χ3n) is 2.68. The minimum Gasteiger partial charge on any atom is -0.468 e. The third-order valence-corrected chi connectivity index (χ3v) is 2.68. The first-order chi connectivity index (χ1) is 8.61. The summed E-state index contributed by atoms with van der Waals surface area (Å²) in [5.74, 6) is -0.698. The predicted molar refractivity (Wildman–Crippen MR) is 65.2 cm³/mol. The fraction of sp³-hybridized carbons (Fsp3) is 0.333. The number of aromatic nitrogens is 1. The SMILES string of the molecule is COC(=O)CNCc1ccc2oc(=O)n(C)c2c1. The Kier molecular flexibility index (Phi) is 3.47. The van der Waals surface area contributed by atoms with Crippen molar-refractivity contribution in [2.24, 2.45) is 7.05 Å². The molecule has 0 bridgehead atoms. The van der Waals surface area contributed by atoms with Crippen molar-refractivity contribution >= 4 is 17.1 Å². The van der Waals surface area contributed by atoms with Crippen molar-refractivity contribution in [2.75, 3.05) is 13.7 Å². The maximum absolute atomic E-state index is 11.3. The van der Waals surface area contributed by atoms with Gasteiger partial charge in [0, 0.05) is 13.6 Å². The van der Waals surface area contributed by atoms with Gasteiger partial charge in [-0.3, -0.25) is 9.36 Å². The Morgan fingerprint density at radius 2 is 2.28 bits per heavy atom. The van der Waals surface area contributed by atoms with E-state index in [1.807, 2.05) is 12.1 Å². The summed E-state index contributed by atoms with van der Waals surface area (Å²) in [7, 11) is 3.00. The molecule has 96 valence electrons. The van der Waals surface area contributed by atoms with Crippen LogP contribution in [-0.4, -0.2) is 24.2 Å². The molecule has 0 radical (unpaired) electrons. The molecule has 6 nitrogen and oxygen atoms in total. The Labute approximate surface area is 103 Å². The van der Waals surface area contributed by atoms with Crippen molar-refractivity contribution in [3.05, 3.63) is 34.3 Å². The number of benzene rings is 1. The number of ether oxygens (including phenoxy) is 1. The second-order valence-corrected chi connectivity index (χ2v) is 3.91. The van der Waals surface area contributed by atoms with Crippen LogP contribution in [0.15, 0.2) is 27.4 Å². The summed E-state index contributed by atoms with van der Waals surface area (Å²) in [5.41, 5.74) is 2.25. The monoisotopic (exact) mass is 250 g/mol. The van der Waals surface area contributed by atoms with E-state index in [0.29, 0.717) is 12.1 Å². The van der Waals surface area contributed by atoms with Gasteiger partial charge in [0.15, 0.2) is 5.58 Å². The van der Waals surface area contributed by atoms with Crippen molar-refractivity contribution in [3.8, 4) is 0 Å². The van der Waals surface area contributed by atoms with Crippen LogP contribution in [0.2, 0.25) is 0 Å². The summed E-state index contributed by atoms with van der Waals surface area (Å²) in [6.45, 7) is 0.670. The van der Waals surface area contributed by atoms with Gasteiger partial charge in [-0.25, -0.2) is 4.79 Å². The molecule has 2 aromatic rings. The molecular formula is C12H14N2O4. The van der Waals surface area contributed by atoms with E-state index in [1.165, 1.54) is 11.7 Å². The number of oxazole rings is 1. The molecule has 0 aliphatic rings. The van der Waals surface area contributed by atoms with E-state index in [0.717, 1.165) is 11.1 Å². The molecule has 0 saturated heterocycles. The molecule has 6 heteroatoms. The van der Waals surface area contributed by atoms with E-state index in [4.69, 9.17) is 4.42 Å². The molecule has 0 unspecified atom stereocenters. The number of nitrogens with zero attached hydrogens (tertiary/aromatic N) is 1. The average Bonchev–Trinajstić information content (AvgIpc) is 2.65. The van der Waals surface area contributed by atoms with Gasteiger partial charge in [-0.2, -0.15) is 0 Å². The number of rotatable bonds is 4. The number of esters is 1. The first kappa shape index (κ1) is 12.4. The molecule has 1 N–H and O–H groups in total. The molecule has 2 rings (SSSR count). The van der Waals surface area contributed by atoms with Crippen molar-refractivity contribution in [1.29, 1.82) is 0 Å². The molecule has 0 amide bonds. The lowest BCUT2D eigenvalue weighted by molar-refractivity contribution is -0.139. The zero-order valence-corrected chi connectivity index (χ0v) is 10.2. The van der Waals surface area contributed by atoms with Crippen molar-refractivity contribution in [2.45, 2.75) is 6.54 Å². The average molecular weight is 250 g/mol. The van der Waals surface area contributed by atoms with Crippen LogP contribution >= 0.6 is 0 Å². The van der Waals surface area contributed by atoms with Gasteiger partial charge < -0.3 is 14.5 Å². The van der Waals surface area contributed by atoms with Crippen LogP contribution in [0.1, 0.15) is 5.56 Å². The van der Waals surface area contributed by atoms with Crippen molar-refractivity contribution in [1.82, 2.24) is 9.88 Å². The first-order valence-corrected chi connectivity index (χ1v) is 5.48. The van der Waals surface area contributed by atoms with Gasteiger partial charge in [-0.1, -0.05) is 6.07 Å². The maximum atomic E-state index is 11.3. The Morgan fingerprint density at radius 3 is 3.00 bits per heavy atom. The Morgan fingerprint density at radius 1 is 1.50 bits per heavy atom. The molecule has 0 aliphatic heterocycles. The maximum Gasteiger partial charge on any atom is 0.419 e. The van der Waals surface area contributed by atoms with E-state index >= 15 is 0 Å². The van der Waals surface area contributed by atoms with Gasteiger partial charge in [-0.15, -0.1) is 0 Å². The smallest absolute Gasteiger partial charge is 0.419 e. The highest BCUT2D eigenvalue weighted by Crippen LogP contribution is 2.13. The van der Waals surface area contributed by atoms with Gasteiger partial charge in [-0.05, 0) is 17.7 Å². The minimum atomic E-state index is -0.385. The fourth-order valence-corrected chi connectivity index (χ4v) is 1.66. The van der Waals surface area contributed by atoms with Crippen molar-refractivity contribution in [3.63, 3.8) is 0 Å². The van der Waals surface area contributed by atoms with E-state index < -0.39 is 0 Å². The van der Waals surface area contributed by atoms with Gasteiger partial charge in [0.05, 0.1) is 19.2 Å². The summed E-state index contributed by atoms with van der Waals surface area (Å²) < 4.78 is 11.0. The number of hydrogen-bond acceptors (Lipinski definition) is 5. The first-order valence-electron chi connectivity index (χ1n) is 5.48. The molecule has 1 aromatic heterocycles. The van der Waals surface area contributed by atoms with Gasteiger partial charge in [0.25, 0.3) is 0 Å². The molecule has 1 aromatic carbocycles.